The fourth-order valence-electron chi connectivity index (χ4n) is 2.51. The number of hydrogen-bond acceptors (Lipinski definition) is 2. The lowest BCUT2D eigenvalue weighted by atomic mass is 10.0. The first-order chi connectivity index (χ1) is 8.13. The van der Waals surface area contributed by atoms with Gasteiger partial charge in [-0.05, 0) is 62.0 Å². The van der Waals surface area contributed by atoms with Gasteiger partial charge in [-0.15, -0.1) is 0 Å². The van der Waals surface area contributed by atoms with Crippen molar-refractivity contribution >= 4 is 17.3 Å². The van der Waals surface area contributed by atoms with Gasteiger partial charge in [0.25, 0.3) is 0 Å². The summed E-state index contributed by atoms with van der Waals surface area (Å²) in [5, 5.41) is 0.739. The van der Waals surface area contributed by atoms with Crippen LogP contribution >= 0.6 is 11.6 Å². The van der Waals surface area contributed by atoms with Crippen molar-refractivity contribution in [2.24, 2.45) is 5.92 Å². The summed E-state index contributed by atoms with van der Waals surface area (Å²) in [7, 11) is 0. The Labute approximate surface area is 109 Å². The third-order valence-electron chi connectivity index (χ3n) is 3.50. The van der Waals surface area contributed by atoms with Crippen molar-refractivity contribution in [3.63, 3.8) is 0 Å². The van der Waals surface area contributed by atoms with Gasteiger partial charge in [-0.2, -0.15) is 0 Å². The van der Waals surface area contributed by atoms with E-state index in [0.717, 1.165) is 23.2 Å². The van der Waals surface area contributed by atoms with Crippen LogP contribution in [0.5, 0.6) is 0 Å². The molecule has 2 nitrogen and oxygen atoms in total. The molecular formula is C14H21ClN2. The van der Waals surface area contributed by atoms with Gasteiger partial charge >= 0.3 is 0 Å². The predicted molar refractivity (Wildman–Crippen MR) is 74.2 cm³/mol. The van der Waals surface area contributed by atoms with Crippen LogP contribution < -0.4 is 5.73 Å². The van der Waals surface area contributed by atoms with E-state index in [2.05, 4.69) is 11.8 Å². The van der Waals surface area contributed by atoms with E-state index < -0.39 is 0 Å². The quantitative estimate of drug-likeness (QED) is 0.816. The number of rotatable bonds is 2. The smallest absolute Gasteiger partial charge is 0.0429 e. The highest BCUT2D eigenvalue weighted by Crippen LogP contribution is 2.21. The van der Waals surface area contributed by atoms with Crippen LogP contribution in [0.4, 0.5) is 5.69 Å². The molecule has 0 bridgehead atoms. The summed E-state index contributed by atoms with van der Waals surface area (Å²) in [6.07, 6.45) is 3.96. The number of benzene rings is 1. The summed E-state index contributed by atoms with van der Waals surface area (Å²) in [6, 6.07) is 5.85. The molecule has 0 spiro atoms. The summed E-state index contributed by atoms with van der Waals surface area (Å²) in [6.45, 7) is 5.70. The van der Waals surface area contributed by atoms with Gasteiger partial charge in [0.15, 0.2) is 0 Å². The first-order valence-corrected chi connectivity index (χ1v) is 6.78. The van der Waals surface area contributed by atoms with E-state index in [1.807, 2.05) is 12.1 Å². The fourth-order valence-corrected chi connectivity index (χ4v) is 2.77. The molecule has 17 heavy (non-hydrogen) atoms. The number of nitrogens with two attached hydrogens (primary N) is 1. The van der Waals surface area contributed by atoms with E-state index in [4.69, 9.17) is 17.3 Å². The standard InChI is InChI=1S/C14H21ClN2/c1-11-3-2-5-17(6-4-11)10-12-7-13(15)9-14(16)8-12/h7-9,11H,2-6,10,16H2,1H3. The molecule has 2 N–H and O–H groups in total. The molecule has 1 fully saturated rings. The van der Waals surface area contributed by atoms with Crippen LogP contribution in [0, 0.1) is 5.92 Å². The second kappa shape index (κ2) is 5.74. The highest BCUT2D eigenvalue weighted by atomic mass is 35.5. The van der Waals surface area contributed by atoms with Gasteiger partial charge in [-0.25, -0.2) is 0 Å². The van der Waals surface area contributed by atoms with Crippen LogP contribution in [0.1, 0.15) is 31.7 Å². The Hall–Kier alpha value is -0.730. The number of anilines is 1. The Bertz CT molecular complexity index is 358. The second-order valence-corrected chi connectivity index (χ2v) is 5.64. The van der Waals surface area contributed by atoms with Crippen LogP contribution in [0.25, 0.3) is 0 Å². The van der Waals surface area contributed by atoms with E-state index in [9.17, 15) is 0 Å². The van der Waals surface area contributed by atoms with E-state index >= 15 is 0 Å². The average molecular weight is 253 g/mol. The van der Waals surface area contributed by atoms with Gasteiger partial charge in [0, 0.05) is 17.3 Å². The van der Waals surface area contributed by atoms with E-state index in [-0.39, 0.29) is 0 Å². The number of nitrogen functional groups attached to an aromatic ring is 1. The second-order valence-electron chi connectivity index (χ2n) is 5.21. The van der Waals surface area contributed by atoms with Gasteiger partial charge < -0.3 is 5.73 Å². The molecule has 2 rings (SSSR count). The minimum Gasteiger partial charge on any atom is -0.399 e. The van der Waals surface area contributed by atoms with E-state index in [1.165, 1.54) is 37.9 Å². The van der Waals surface area contributed by atoms with Crippen LogP contribution in [0.3, 0.4) is 0 Å². The third kappa shape index (κ3) is 3.90. The first-order valence-electron chi connectivity index (χ1n) is 6.41. The molecule has 0 aromatic heterocycles. The molecule has 1 aliphatic heterocycles. The lowest BCUT2D eigenvalue weighted by Crippen LogP contribution is -2.24. The number of nitrogens with zero attached hydrogens (tertiary/aromatic N) is 1. The Kier molecular flexibility index (Phi) is 4.30. The normalized spacial score (nSPS) is 22.4. The summed E-state index contributed by atoms with van der Waals surface area (Å²) >= 11 is 6.02. The summed E-state index contributed by atoms with van der Waals surface area (Å²) in [5.41, 5.74) is 7.80. The monoisotopic (exact) mass is 252 g/mol. The largest absolute Gasteiger partial charge is 0.399 e. The van der Waals surface area contributed by atoms with Gasteiger partial charge in [0.2, 0.25) is 0 Å². The van der Waals surface area contributed by atoms with Crippen molar-refractivity contribution < 1.29 is 0 Å². The molecule has 0 saturated carbocycles. The molecule has 1 saturated heterocycles. The lowest BCUT2D eigenvalue weighted by molar-refractivity contribution is 0.274. The average Bonchev–Trinajstić information content (AvgIpc) is 2.42. The van der Waals surface area contributed by atoms with Crippen LogP contribution in [0.15, 0.2) is 18.2 Å². The maximum absolute atomic E-state index is 6.02. The Morgan fingerprint density at radius 3 is 2.88 bits per heavy atom. The van der Waals surface area contributed by atoms with Gasteiger partial charge in [0.05, 0.1) is 0 Å². The highest BCUT2D eigenvalue weighted by Gasteiger charge is 2.14. The Balaban J connectivity index is 1.99. The molecule has 1 aromatic carbocycles. The molecule has 1 heterocycles. The van der Waals surface area contributed by atoms with Crippen LogP contribution in [0.2, 0.25) is 5.02 Å². The van der Waals surface area contributed by atoms with Crippen molar-refractivity contribution in [2.75, 3.05) is 18.8 Å². The zero-order chi connectivity index (χ0) is 12.3. The number of likely N-dealkylation sites (tertiary alicyclic amines) is 1. The van der Waals surface area contributed by atoms with Crippen molar-refractivity contribution in [3.05, 3.63) is 28.8 Å². The first kappa shape index (κ1) is 12.7. The molecule has 0 amide bonds. The molecule has 94 valence electrons. The third-order valence-corrected chi connectivity index (χ3v) is 3.71. The van der Waals surface area contributed by atoms with Crippen molar-refractivity contribution in [3.8, 4) is 0 Å². The molecule has 3 heteroatoms. The minimum atomic E-state index is 0.739. The molecular weight excluding hydrogens is 232 g/mol. The summed E-state index contributed by atoms with van der Waals surface area (Å²) < 4.78 is 0. The van der Waals surface area contributed by atoms with Crippen molar-refractivity contribution in [1.82, 2.24) is 4.90 Å². The minimum absolute atomic E-state index is 0.739. The highest BCUT2D eigenvalue weighted by molar-refractivity contribution is 6.30. The molecule has 1 aromatic rings. The topological polar surface area (TPSA) is 29.3 Å². The number of hydrogen-bond donors (Lipinski definition) is 1. The van der Waals surface area contributed by atoms with Crippen molar-refractivity contribution in [1.29, 1.82) is 0 Å². The fraction of sp³-hybridized carbons (Fsp3) is 0.571. The predicted octanol–water partition coefficient (Wildman–Crippen LogP) is 3.54. The van der Waals surface area contributed by atoms with E-state index in [1.54, 1.807) is 6.07 Å². The molecule has 0 radical (unpaired) electrons. The van der Waals surface area contributed by atoms with Crippen LogP contribution in [-0.4, -0.2) is 18.0 Å². The van der Waals surface area contributed by atoms with Crippen molar-refractivity contribution in [2.45, 2.75) is 32.7 Å². The number of halogens is 1. The van der Waals surface area contributed by atoms with Gasteiger partial charge in [0.1, 0.15) is 0 Å². The maximum atomic E-state index is 6.02. The zero-order valence-electron chi connectivity index (χ0n) is 10.5. The van der Waals surface area contributed by atoms with Gasteiger partial charge in [-0.1, -0.05) is 18.5 Å². The Morgan fingerprint density at radius 2 is 2.12 bits per heavy atom. The summed E-state index contributed by atoms with van der Waals surface area (Å²) in [4.78, 5) is 2.51. The molecule has 1 aliphatic rings. The Morgan fingerprint density at radius 1 is 1.29 bits per heavy atom. The van der Waals surface area contributed by atoms with E-state index in [0.29, 0.717) is 0 Å². The SMILES string of the molecule is CC1CCCN(Cc2cc(N)cc(Cl)c2)CC1. The molecule has 0 aliphatic carbocycles. The summed E-state index contributed by atoms with van der Waals surface area (Å²) in [5.74, 6) is 0.865. The molecule has 1 atom stereocenters. The van der Waals surface area contributed by atoms with Crippen LogP contribution in [-0.2, 0) is 6.54 Å². The lowest BCUT2D eigenvalue weighted by Gasteiger charge is -2.20. The zero-order valence-corrected chi connectivity index (χ0v) is 11.2. The van der Waals surface area contributed by atoms with Gasteiger partial charge in [-0.3, -0.25) is 4.90 Å². The maximum Gasteiger partial charge on any atom is 0.0429 e. The molecule has 1 unspecified atom stereocenters.